The minimum absolute atomic E-state index is 0.0624. The number of nitriles is 1. The highest BCUT2D eigenvalue weighted by atomic mass is 35.5. The molecule has 0 radical (unpaired) electrons. The highest BCUT2D eigenvalue weighted by Gasteiger charge is 2.33. The summed E-state index contributed by atoms with van der Waals surface area (Å²) in [4.78, 5) is 4.77. The first-order valence-corrected chi connectivity index (χ1v) is 11.8. The van der Waals surface area contributed by atoms with Crippen LogP contribution >= 0.6 is 34.8 Å². The van der Waals surface area contributed by atoms with E-state index in [1.54, 1.807) is 13.2 Å². The second-order valence-corrected chi connectivity index (χ2v) is 9.34. The Hall–Kier alpha value is -2.26. The summed E-state index contributed by atoms with van der Waals surface area (Å²) in [5, 5.41) is 11.1. The van der Waals surface area contributed by atoms with Gasteiger partial charge >= 0.3 is 0 Å². The highest BCUT2D eigenvalue weighted by Crippen LogP contribution is 2.38. The predicted octanol–water partition coefficient (Wildman–Crippen LogP) is 6.77. The van der Waals surface area contributed by atoms with Crippen LogP contribution in [0.1, 0.15) is 28.8 Å². The van der Waals surface area contributed by atoms with Crippen molar-refractivity contribution in [3.8, 4) is 6.07 Å². The molecule has 0 aliphatic carbocycles. The van der Waals surface area contributed by atoms with Crippen LogP contribution in [-0.4, -0.2) is 38.3 Å². The van der Waals surface area contributed by atoms with Crippen LogP contribution in [0.15, 0.2) is 66.7 Å². The van der Waals surface area contributed by atoms with E-state index in [9.17, 15) is 0 Å². The smallest absolute Gasteiger partial charge is 0.0991 e. The lowest BCUT2D eigenvalue weighted by Gasteiger charge is -2.46. The summed E-state index contributed by atoms with van der Waals surface area (Å²) in [6.45, 7) is 2.94. The Morgan fingerprint density at radius 1 is 0.970 bits per heavy atom. The van der Waals surface area contributed by atoms with Crippen molar-refractivity contribution in [3.63, 3.8) is 0 Å². The Morgan fingerprint density at radius 3 is 2.30 bits per heavy atom. The molecule has 3 aromatic carbocycles. The SMILES string of the molecule is COCC(c1ccc(C#N)cc1)N1CCN(c2ccc(Cl)cc2Cl)C(c2ccc(Cl)cc2)C1. The molecule has 0 bridgehead atoms. The average Bonchev–Trinajstić information content (AvgIpc) is 2.83. The first-order valence-electron chi connectivity index (χ1n) is 10.7. The molecule has 2 atom stereocenters. The molecule has 3 aromatic rings. The minimum atomic E-state index is 0.0624. The summed E-state index contributed by atoms with van der Waals surface area (Å²) in [6, 6.07) is 23.7. The van der Waals surface area contributed by atoms with Crippen LogP contribution in [0.25, 0.3) is 0 Å². The minimum Gasteiger partial charge on any atom is -0.383 e. The fourth-order valence-electron chi connectivity index (χ4n) is 4.41. The van der Waals surface area contributed by atoms with E-state index in [1.807, 2.05) is 48.5 Å². The van der Waals surface area contributed by atoms with Crippen molar-refractivity contribution in [3.05, 3.63) is 98.5 Å². The molecular weight excluding hydrogens is 477 g/mol. The van der Waals surface area contributed by atoms with Crippen molar-refractivity contribution in [1.29, 1.82) is 5.26 Å². The van der Waals surface area contributed by atoms with E-state index in [2.05, 4.69) is 28.0 Å². The van der Waals surface area contributed by atoms with E-state index < -0.39 is 0 Å². The molecule has 0 aromatic heterocycles. The first kappa shape index (κ1) is 23.9. The zero-order valence-electron chi connectivity index (χ0n) is 18.2. The topological polar surface area (TPSA) is 39.5 Å². The third-order valence-electron chi connectivity index (χ3n) is 6.08. The van der Waals surface area contributed by atoms with Gasteiger partial charge in [0.15, 0.2) is 0 Å². The van der Waals surface area contributed by atoms with Crippen molar-refractivity contribution >= 4 is 40.5 Å². The maximum absolute atomic E-state index is 9.16. The number of anilines is 1. The molecule has 4 nitrogen and oxygen atoms in total. The van der Waals surface area contributed by atoms with Gasteiger partial charge in [0, 0.05) is 36.8 Å². The molecular formula is C26H24Cl3N3O. The summed E-state index contributed by atoms with van der Waals surface area (Å²) in [6.07, 6.45) is 0. The predicted molar refractivity (Wildman–Crippen MR) is 135 cm³/mol. The molecule has 0 amide bonds. The Balaban J connectivity index is 1.68. The Morgan fingerprint density at radius 2 is 1.67 bits per heavy atom. The Bertz CT molecular complexity index is 1130. The molecule has 1 aliphatic heterocycles. The van der Waals surface area contributed by atoms with Gasteiger partial charge in [0.1, 0.15) is 0 Å². The Kier molecular flexibility index (Phi) is 7.80. The number of piperazine rings is 1. The Labute approximate surface area is 209 Å². The molecule has 0 N–H and O–H groups in total. The zero-order chi connectivity index (χ0) is 23.4. The van der Waals surface area contributed by atoms with Gasteiger partial charge in [-0.15, -0.1) is 0 Å². The number of hydrogen-bond donors (Lipinski definition) is 0. The fraction of sp³-hybridized carbons (Fsp3) is 0.269. The van der Waals surface area contributed by atoms with E-state index in [0.717, 1.165) is 36.4 Å². The first-order chi connectivity index (χ1) is 16.0. The second-order valence-electron chi connectivity index (χ2n) is 8.06. The van der Waals surface area contributed by atoms with Gasteiger partial charge in [-0.3, -0.25) is 4.90 Å². The van der Waals surface area contributed by atoms with Crippen molar-refractivity contribution in [2.45, 2.75) is 12.1 Å². The number of nitrogens with zero attached hydrogens (tertiary/aromatic N) is 3. The van der Waals surface area contributed by atoms with E-state index in [-0.39, 0.29) is 12.1 Å². The molecule has 1 saturated heterocycles. The summed E-state index contributed by atoms with van der Waals surface area (Å²) in [7, 11) is 1.72. The lowest BCUT2D eigenvalue weighted by Crippen LogP contribution is -2.50. The molecule has 4 rings (SSSR count). The highest BCUT2D eigenvalue weighted by molar-refractivity contribution is 6.36. The van der Waals surface area contributed by atoms with E-state index in [1.165, 1.54) is 0 Å². The van der Waals surface area contributed by atoms with Crippen LogP contribution < -0.4 is 4.90 Å². The molecule has 2 unspecified atom stereocenters. The third kappa shape index (κ3) is 5.46. The van der Waals surface area contributed by atoms with Gasteiger partial charge in [-0.2, -0.15) is 5.26 Å². The van der Waals surface area contributed by atoms with Gasteiger partial charge in [-0.1, -0.05) is 59.1 Å². The van der Waals surface area contributed by atoms with Crippen molar-refractivity contribution < 1.29 is 4.74 Å². The fourth-order valence-corrected chi connectivity index (χ4v) is 5.05. The molecule has 0 spiro atoms. The van der Waals surface area contributed by atoms with Crippen molar-refractivity contribution in [2.75, 3.05) is 38.3 Å². The average molecular weight is 501 g/mol. The van der Waals surface area contributed by atoms with Crippen LogP contribution in [0, 0.1) is 11.3 Å². The number of ether oxygens (including phenoxy) is 1. The van der Waals surface area contributed by atoms with Gasteiger partial charge in [0.2, 0.25) is 0 Å². The van der Waals surface area contributed by atoms with Gasteiger partial charge in [0.05, 0.1) is 41.0 Å². The van der Waals surface area contributed by atoms with Crippen LogP contribution in [0.4, 0.5) is 5.69 Å². The molecule has 1 aliphatic rings. The summed E-state index contributed by atoms with van der Waals surface area (Å²) < 4.78 is 5.60. The lowest BCUT2D eigenvalue weighted by atomic mass is 9.97. The van der Waals surface area contributed by atoms with Crippen LogP contribution in [0.5, 0.6) is 0 Å². The lowest BCUT2D eigenvalue weighted by molar-refractivity contribution is 0.0758. The van der Waals surface area contributed by atoms with E-state index in [4.69, 9.17) is 44.8 Å². The van der Waals surface area contributed by atoms with Crippen LogP contribution in [-0.2, 0) is 4.74 Å². The number of rotatable bonds is 6. The molecule has 170 valence electrons. The van der Waals surface area contributed by atoms with Crippen molar-refractivity contribution in [2.24, 2.45) is 0 Å². The molecule has 7 heteroatoms. The number of benzene rings is 3. The maximum Gasteiger partial charge on any atom is 0.0991 e. The summed E-state index contributed by atoms with van der Waals surface area (Å²) in [5.41, 5.74) is 3.90. The van der Waals surface area contributed by atoms with Crippen LogP contribution in [0.2, 0.25) is 15.1 Å². The number of hydrogen-bond acceptors (Lipinski definition) is 4. The number of methoxy groups -OCH3 is 1. The quantitative estimate of drug-likeness (QED) is 0.374. The monoisotopic (exact) mass is 499 g/mol. The van der Waals surface area contributed by atoms with Gasteiger partial charge in [0.25, 0.3) is 0 Å². The third-order valence-corrected chi connectivity index (χ3v) is 6.87. The zero-order valence-corrected chi connectivity index (χ0v) is 20.5. The van der Waals surface area contributed by atoms with Crippen LogP contribution in [0.3, 0.4) is 0 Å². The van der Waals surface area contributed by atoms with Crippen molar-refractivity contribution in [1.82, 2.24) is 4.90 Å². The number of halogens is 3. The second kappa shape index (κ2) is 10.8. The van der Waals surface area contributed by atoms with E-state index in [0.29, 0.717) is 27.2 Å². The normalized spacial score (nSPS) is 17.5. The summed E-state index contributed by atoms with van der Waals surface area (Å²) >= 11 is 18.9. The standard InChI is InChI=1S/C26H24Cl3N3O/c1-33-17-26(20-4-2-18(15-30)3-5-20)31-12-13-32(24-11-10-22(28)14-23(24)29)25(16-31)19-6-8-21(27)9-7-19/h2-11,14,25-26H,12-13,16-17H2,1H3. The maximum atomic E-state index is 9.16. The molecule has 1 fully saturated rings. The molecule has 33 heavy (non-hydrogen) atoms. The summed E-state index contributed by atoms with van der Waals surface area (Å²) in [5.74, 6) is 0. The largest absolute Gasteiger partial charge is 0.383 e. The van der Waals surface area contributed by atoms with E-state index >= 15 is 0 Å². The van der Waals surface area contributed by atoms with Gasteiger partial charge in [-0.05, 0) is 53.6 Å². The van der Waals surface area contributed by atoms with Gasteiger partial charge < -0.3 is 9.64 Å². The molecule has 1 heterocycles. The van der Waals surface area contributed by atoms with Gasteiger partial charge in [-0.25, -0.2) is 0 Å². The molecule has 0 saturated carbocycles.